The summed E-state index contributed by atoms with van der Waals surface area (Å²) in [7, 11) is 0. The number of aromatic nitrogens is 4. The van der Waals surface area contributed by atoms with Crippen molar-refractivity contribution in [2.45, 2.75) is 49.9 Å². The lowest BCUT2D eigenvalue weighted by atomic mass is 10.1. The molecule has 0 spiro atoms. The Balaban J connectivity index is 0.954. The summed E-state index contributed by atoms with van der Waals surface area (Å²) in [4.78, 5) is 74.6. The molecule has 14 nitrogen and oxygen atoms in total. The number of nitrogens with one attached hydrogen (secondary N) is 4. The SMILES string of the molecule is O=C(O)NC(C(=O)N1CCCC1c1nc(-c2ccc(-c3ccc(-c4c[nH]c([C@@H]5CCCN5C(=O)[C@H](NC(=O)O)c5ccccc5)n4)s3)s2)c[nH]1)c1ccccc1. The number of carboxylic acid groups (broad SMARTS) is 2. The Morgan fingerprint density at radius 3 is 1.39 bits per heavy atom. The number of thiophene rings is 2. The molecule has 286 valence electrons. The highest BCUT2D eigenvalue weighted by Crippen LogP contribution is 2.41. The van der Waals surface area contributed by atoms with E-state index in [0.29, 0.717) is 48.7 Å². The lowest BCUT2D eigenvalue weighted by Gasteiger charge is -2.28. The van der Waals surface area contributed by atoms with Gasteiger partial charge in [0, 0.05) is 35.2 Å². The van der Waals surface area contributed by atoms with Gasteiger partial charge >= 0.3 is 12.2 Å². The summed E-state index contributed by atoms with van der Waals surface area (Å²) in [6.45, 7) is 1.00. The van der Waals surface area contributed by atoms with Gasteiger partial charge in [0.1, 0.15) is 23.7 Å². The summed E-state index contributed by atoms with van der Waals surface area (Å²) in [5, 5.41) is 23.8. The number of carbonyl (C=O) groups excluding carboxylic acids is 2. The number of carbonyl (C=O) groups is 4. The van der Waals surface area contributed by atoms with E-state index in [1.807, 2.05) is 36.7 Å². The fraction of sp³-hybridized carbons (Fsp3) is 0.250. The minimum atomic E-state index is -1.26. The standard InChI is InChI=1S/C40H38N8O6S2/c49-37(33(45-39(51)52)23-9-3-1-4-10-23)47-19-7-13-27(47)35-41-21-25(43-35)29-15-17-31(55-29)32-18-16-30(56-32)26-22-42-36(44-26)28-14-8-20-48(28)38(50)34(46-40(53)54)24-11-5-2-6-12-24/h1-6,9-12,15-18,21-22,27-28,33-34,45-46H,7-8,13-14,19-20H2,(H,41,43)(H,42,44)(H,51,52)(H,53,54)/t27-,28?,33+,34?/m0/s1. The highest BCUT2D eigenvalue weighted by atomic mass is 32.1. The average molecular weight is 791 g/mol. The van der Waals surface area contributed by atoms with Gasteiger partial charge in [-0.3, -0.25) is 9.59 Å². The van der Waals surface area contributed by atoms with Crippen LogP contribution in [0.5, 0.6) is 0 Å². The van der Waals surface area contributed by atoms with Crippen LogP contribution >= 0.6 is 22.7 Å². The van der Waals surface area contributed by atoms with Gasteiger partial charge in [-0.1, -0.05) is 60.7 Å². The molecule has 56 heavy (non-hydrogen) atoms. The van der Waals surface area contributed by atoms with Gasteiger partial charge in [-0.15, -0.1) is 22.7 Å². The Labute approximate surface area is 329 Å². The molecule has 0 aliphatic carbocycles. The Morgan fingerprint density at radius 2 is 1.00 bits per heavy atom. The molecular formula is C40H38N8O6S2. The van der Waals surface area contributed by atoms with Crippen molar-refractivity contribution < 1.29 is 29.4 Å². The number of benzene rings is 2. The van der Waals surface area contributed by atoms with Crippen LogP contribution in [0.25, 0.3) is 30.9 Å². The number of H-pyrrole nitrogens is 2. The monoisotopic (exact) mass is 790 g/mol. The van der Waals surface area contributed by atoms with E-state index in [-0.39, 0.29) is 23.9 Å². The predicted molar refractivity (Wildman–Crippen MR) is 211 cm³/mol. The molecule has 2 fully saturated rings. The Kier molecular flexibility index (Phi) is 10.4. The first-order valence-electron chi connectivity index (χ1n) is 18.2. The van der Waals surface area contributed by atoms with Crippen molar-refractivity contribution in [2.24, 2.45) is 0 Å². The number of nitrogens with zero attached hydrogens (tertiary/aromatic N) is 4. The molecule has 4 aromatic heterocycles. The van der Waals surface area contributed by atoms with Crippen LogP contribution in [0, 0.1) is 0 Å². The number of amides is 4. The van der Waals surface area contributed by atoms with Gasteiger partial charge in [0.2, 0.25) is 0 Å². The predicted octanol–water partition coefficient (Wildman–Crippen LogP) is 7.60. The van der Waals surface area contributed by atoms with Gasteiger partial charge < -0.3 is 40.6 Å². The highest BCUT2D eigenvalue weighted by molar-refractivity contribution is 7.25. The van der Waals surface area contributed by atoms with Crippen LogP contribution in [0.2, 0.25) is 0 Å². The van der Waals surface area contributed by atoms with Crippen molar-refractivity contribution in [3.8, 4) is 30.9 Å². The fourth-order valence-electron chi connectivity index (χ4n) is 7.56. The lowest BCUT2D eigenvalue weighted by Crippen LogP contribution is -2.42. The van der Waals surface area contributed by atoms with Gasteiger partial charge in [0.25, 0.3) is 11.8 Å². The molecule has 16 heteroatoms. The summed E-state index contributed by atoms with van der Waals surface area (Å²) in [6.07, 6.45) is 4.13. The van der Waals surface area contributed by atoms with Crippen LogP contribution in [0.15, 0.2) is 97.3 Å². The molecule has 2 unspecified atom stereocenters. The molecule has 6 N–H and O–H groups in total. The van der Waals surface area contributed by atoms with Gasteiger partial charge in [0.05, 0.1) is 33.2 Å². The van der Waals surface area contributed by atoms with Crippen molar-refractivity contribution in [3.05, 3.63) is 120 Å². The van der Waals surface area contributed by atoms with Gasteiger partial charge in [-0.05, 0) is 61.1 Å². The quantitative estimate of drug-likeness (QED) is 0.0771. The highest BCUT2D eigenvalue weighted by Gasteiger charge is 2.38. The van der Waals surface area contributed by atoms with Crippen molar-refractivity contribution in [1.82, 2.24) is 40.4 Å². The molecule has 0 bridgehead atoms. The molecule has 2 aromatic carbocycles. The zero-order chi connectivity index (χ0) is 38.8. The smallest absolute Gasteiger partial charge is 0.405 e. The first kappa shape index (κ1) is 36.7. The fourth-order valence-corrected chi connectivity index (χ4v) is 9.58. The number of imidazole rings is 2. The van der Waals surface area contributed by atoms with E-state index >= 15 is 0 Å². The van der Waals surface area contributed by atoms with Crippen LogP contribution in [0.3, 0.4) is 0 Å². The van der Waals surface area contributed by atoms with Crippen LogP contribution in [0.4, 0.5) is 9.59 Å². The minimum absolute atomic E-state index is 0.308. The summed E-state index contributed by atoms with van der Waals surface area (Å²) >= 11 is 3.21. The zero-order valence-corrected chi connectivity index (χ0v) is 31.6. The lowest BCUT2D eigenvalue weighted by molar-refractivity contribution is -0.135. The van der Waals surface area contributed by atoms with E-state index < -0.39 is 24.3 Å². The molecule has 2 aliphatic heterocycles. The van der Waals surface area contributed by atoms with Crippen molar-refractivity contribution in [1.29, 1.82) is 0 Å². The van der Waals surface area contributed by atoms with Crippen molar-refractivity contribution in [3.63, 3.8) is 0 Å². The second kappa shape index (κ2) is 15.8. The molecule has 4 atom stereocenters. The molecule has 6 heterocycles. The first-order chi connectivity index (χ1) is 27.2. The van der Waals surface area contributed by atoms with E-state index in [1.165, 1.54) is 0 Å². The molecule has 4 amide bonds. The Hall–Kier alpha value is -6.26. The average Bonchev–Trinajstić information content (AvgIpc) is 4.06. The zero-order valence-electron chi connectivity index (χ0n) is 29.9. The Morgan fingerprint density at radius 1 is 0.607 bits per heavy atom. The Bertz CT molecular complexity index is 2190. The molecule has 2 aliphatic rings. The molecule has 0 radical (unpaired) electrons. The number of rotatable bonds is 11. The van der Waals surface area contributed by atoms with Crippen LogP contribution < -0.4 is 10.6 Å². The molecule has 0 saturated carbocycles. The summed E-state index contributed by atoms with van der Waals surface area (Å²) in [5.74, 6) is 0.696. The van der Waals surface area contributed by atoms with E-state index in [2.05, 4.69) is 32.7 Å². The number of aromatic amines is 2. The third-order valence-electron chi connectivity index (χ3n) is 10.2. The third-order valence-corrected chi connectivity index (χ3v) is 12.6. The second-order valence-electron chi connectivity index (χ2n) is 13.6. The van der Waals surface area contributed by atoms with E-state index in [9.17, 15) is 29.4 Å². The topological polar surface area (TPSA) is 197 Å². The molecular weight excluding hydrogens is 753 g/mol. The van der Waals surface area contributed by atoms with Crippen LogP contribution in [-0.4, -0.2) is 77.0 Å². The second-order valence-corrected chi connectivity index (χ2v) is 15.8. The molecule has 8 rings (SSSR count). The van der Waals surface area contributed by atoms with Crippen molar-refractivity contribution >= 4 is 46.7 Å². The van der Waals surface area contributed by atoms with Gasteiger partial charge in [-0.25, -0.2) is 19.6 Å². The van der Waals surface area contributed by atoms with Gasteiger partial charge in [0.15, 0.2) is 0 Å². The van der Waals surface area contributed by atoms with Gasteiger partial charge in [-0.2, -0.15) is 0 Å². The number of hydrogen-bond donors (Lipinski definition) is 6. The largest absolute Gasteiger partial charge is 0.465 e. The molecule has 2 saturated heterocycles. The summed E-state index contributed by atoms with van der Waals surface area (Å²) < 4.78 is 0. The first-order valence-corrected chi connectivity index (χ1v) is 19.9. The van der Waals surface area contributed by atoms with Crippen LogP contribution in [0.1, 0.15) is 72.6 Å². The van der Waals surface area contributed by atoms with Crippen LogP contribution in [-0.2, 0) is 9.59 Å². The van der Waals surface area contributed by atoms with Crippen molar-refractivity contribution in [2.75, 3.05) is 13.1 Å². The maximum absolute atomic E-state index is 13.7. The number of likely N-dealkylation sites (tertiary alicyclic amines) is 2. The third kappa shape index (κ3) is 7.52. The van der Waals surface area contributed by atoms with E-state index in [1.54, 1.807) is 81.0 Å². The van der Waals surface area contributed by atoms with E-state index in [4.69, 9.17) is 9.97 Å². The summed E-state index contributed by atoms with van der Waals surface area (Å²) in [6, 6.07) is 23.2. The maximum atomic E-state index is 13.7. The normalized spacial score (nSPS) is 17.8. The minimum Gasteiger partial charge on any atom is -0.465 e. The van der Waals surface area contributed by atoms with E-state index in [0.717, 1.165) is 43.7 Å². The molecule has 6 aromatic rings. The number of hydrogen-bond acceptors (Lipinski definition) is 8. The summed E-state index contributed by atoms with van der Waals surface area (Å²) in [5.41, 5.74) is 2.68. The maximum Gasteiger partial charge on any atom is 0.405 e.